The molecule has 0 aliphatic carbocycles. The van der Waals surface area contributed by atoms with Crippen LogP contribution in [0, 0.1) is 6.92 Å². The molecule has 2 aromatic rings. The van der Waals surface area contributed by atoms with Gasteiger partial charge in [0.25, 0.3) is 0 Å². The van der Waals surface area contributed by atoms with Crippen LogP contribution in [0.25, 0.3) is 6.08 Å². The van der Waals surface area contributed by atoms with Crippen LogP contribution in [-0.4, -0.2) is 35.1 Å². The average Bonchev–Trinajstić information content (AvgIpc) is 3.04. The molecule has 3 nitrogen and oxygen atoms in total. The van der Waals surface area contributed by atoms with Gasteiger partial charge in [0.15, 0.2) is 0 Å². The Morgan fingerprint density at radius 3 is 2.85 bits per heavy atom. The lowest BCUT2D eigenvalue weighted by Crippen LogP contribution is -2.49. The summed E-state index contributed by atoms with van der Waals surface area (Å²) in [6.45, 7) is 2.02. The number of pyridine rings is 1. The summed E-state index contributed by atoms with van der Waals surface area (Å²) in [7, 11) is 2.30. The van der Waals surface area contributed by atoms with Crippen molar-refractivity contribution in [1.29, 1.82) is 0 Å². The number of benzene rings is 1. The number of hydrogen-bond acceptors (Lipinski definition) is 3. The minimum absolute atomic E-state index is 0.534. The summed E-state index contributed by atoms with van der Waals surface area (Å²) in [5.74, 6) is 0.549. The van der Waals surface area contributed by atoms with Gasteiger partial charge in [-0.2, -0.15) is 0 Å². The molecular weight excluding hydrogens is 342 g/mol. The quantitative estimate of drug-likeness (QED) is 0.758. The molecule has 5 rings (SSSR count). The van der Waals surface area contributed by atoms with Gasteiger partial charge >= 0.3 is 0 Å². The minimum Gasteiger partial charge on any atom is -0.344 e. The van der Waals surface area contributed by atoms with Crippen LogP contribution in [0.15, 0.2) is 42.7 Å². The van der Waals surface area contributed by atoms with Crippen molar-refractivity contribution in [2.24, 2.45) is 0 Å². The number of rotatable bonds is 2. The normalized spacial score (nSPS) is 30.0. The topological polar surface area (TPSA) is 19.4 Å². The Morgan fingerprint density at radius 1 is 1.15 bits per heavy atom. The maximum Gasteiger partial charge on any atom is 0.0446 e. The van der Waals surface area contributed by atoms with E-state index in [1.807, 2.05) is 19.2 Å². The highest BCUT2D eigenvalue weighted by molar-refractivity contribution is 6.30. The number of hydrogen-bond donors (Lipinski definition) is 0. The Hall–Kier alpha value is -1.84. The molecule has 1 aromatic carbocycles. The molecule has 1 aromatic heterocycles. The molecule has 134 valence electrons. The van der Waals surface area contributed by atoms with Crippen molar-refractivity contribution in [2.75, 3.05) is 11.9 Å². The van der Waals surface area contributed by atoms with Crippen molar-refractivity contribution < 1.29 is 0 Å². The molecule has 4 atom stereocenters. The van der Waals surface area contributed by atoms with Gasteiger partial charge in [-0.25, -0.2) is 0 Å². The molecule has 4 heterocycles. The molecule has 0 N–H and O–H groups in total. The number of piperidine rings is 1. The third-order valence-electron chi connectivity index (χ3n) is 6.58. The third kappa shape index (κ3) is 2.49. The zero-order valence-electron chi connectivity index (χ0n) is 15.3. The number of aromatic nitrogens is 1. The van der Waals surface area contributed by atoms with E-state index < -0.39 is 0 Å². The van der Waals surface area contributed by atoms with E-state index in [4.69, 9.17) is 11.6 Å². The van der Waals surface area contributed by atoms with E-state index in [1.54, 1.807) is 0 Å². The molecule has 2 bridgehead atoms. The molecule has 4 unspecified atom stereocenters. The van der Waals surface area contributed by atoms with Crippen LogP contribution in [0.2, 0.25) is 5.02 Å². The summed E-state index contributed by atoms with van der Waals surface area (Å²) in [6.07, 6.45) is 10.2. The molecule has 26 heavy (non-hydrogen) atoms. The van der Waals surface area contributed by atoms with Crippen molar-refractivity contribution in [2.45, 2.75) is 50.2 Å². The predicted octanol–water partition coefficient (Wildman–Crippen LogP) is 4.85. The van der Waals surface area contributed by atoms with E-state index in [-0.39, 0.29) is 0 Å². The fourth-order valence-electron chi connectivity index (χ4n) is 5.28. The van der Waals surface area contributed by atoms with Gasteiger partial charge in [0.05, 0.1) is 0 Å². The SMILES string of the molecule is Cc1ccc(/C=C/N2c3ccc(Cl)cc3C3C2CC2CCC3N2C)cn1. The molecule has 0 radical (unpaired) electrons. The van der Waals surface area contributed by atoms with Gasteiger partial charge in [0.2, 0.25) is 0 Å². The Bertz CT molecular complexity index is 860. The highest BCUT2D eigenvalue weighted by atomic mass is 35.5. The first-order valence-corrected chi connectivity index (χ1v) is 9.90. The monoisotopic (exact) mass is 365 g/mol. The van der Waals surface area contributed by atoms with Gasteiger partial charge in [0.1, 0.15) is 0 Å². The fraction of sp³-hybridized carbons (Fsp3) is 0.409. The second kappa shape index (κ2) is 6.11. The minimum atomic E-state index is 0.534. The molecule has 4 heteroatoms. The first-order valence-electron chi connectivity index (χ1n) is 9.52. The summed E-state index contributed by atoms with van der Waals surface area (Å²) in [5, 5.41) is 0.846. The van der Waals surface area contributed by atoms with Crippen LogP contribution in [0.4, 0.5) is 5.69 Å². The lowest BCUT2D eigenvalue weighted by atomic mass is 9.83. The van der Waals surface area contributed by atoms with E-state index in [9.17, 15) is 0 Å². The largest absolute Gasteiger partial charge is 0.344 e. The van der Waals surface area contributed by atoms with Gasteiger partial charge < -0.3 is 4.90 Å². The molecule has 0 saturated carbocycles. The smallest absolute Gasteiger partial charge is 0.0446 e. The van der Waals surface area contributed by atoms with Crippen molar-refractivity contribution >= 4 is 23.4 Å². The summed E-state index contributed by atoms with van der Waals surface area (Å²) in [5.41, 5.74) is 4.94. The van der Waals surface area contributed by atoms with Gasteiger partial charge in [-0.05, 0) is 74.7 Å². The maximum absolute atomic E-state index is 6.37. The second-order valence-corrected chi connectivity index (χ2v) is 8.39. The summed E-state index contributed by atoms with van der Waals surface area (Å²) < 4.78 is 0. The first kappa shape index (κ1) is 16.3. The van der Waals surface area contributed by atoms with Gasteiger partial charge in [0, 0.05) is 52.8 Å². The number of anilines is 1. The highest BCUT2D eigenvalue weighted by Crippen LogP contribution is 2.53. The zero-order chi connectivity index (χ0) is 17.8. The van der Waals surface area contributed by atoms with Crippen LogP contribution in [0.5, 0.6) is 0 Å². The second-order valence-electron chi connectivity index (χ2n) is 7.95. The number of halogens is 1. The standard InChI is InChI=1S/C22H24ClN3/c1-14-3-4-15(13-24-14)9-10-26-19-7-5-16(23)11-18(19)22-20-8-6-17(25(20)2)12-21(22)26/h3-5,7,9-11,13,17,20-22H,6,8,12H2,1-2H3/b10-9+. The molecule has 0 spiro atoms. The first-order chi connectivity index (χ1) is 12.6. The number of fused-ring (bicyclic) bond motifs is 6. The summed E-state index contributed by atoms with van der Waals surface area (Å²) >= 11 is 6.37. The molecule has 3 aliphatic rings. The van der Waals surface area contributed by atoms with E-state index in [0.29, 0.717) is 24.0 Å². The van der Waals surface area contributed by atoms with E-state index >= 15 is 0 Å². The van der Waals surface area contributed by atoms with Crippen LogP contribution in [0.3, 0.4) is 0 Å². The molecular formula is C22H24ClN3. The zero-order valence-corrected chi connectivity index (χ0v) is 16.0. The number of aryl methyl sites for hydroxylation is 1. The predicted molar refractivity (Wildman–Crippen MR) is 108 cm³/mol. The lowest BCUT2D eigenvalue weighted by Gasteiger charge is -2.42. The Morgan fingerprint density at radius 2 is 2.04 bits per heavy atom. The van der Waals surface area contributed by atoms with Gasteiger partial charge in [-0.1, -0.05) is 17.7 Å². The average molecular weight is 366 g/mol. The molecule has 3 aliphatic heterocycles. The van der Waals surface area contributed by atoms with Gasteiger partial charge in [-0.3, -0.25) is 9.88 Å². The third-order valence-corrected chi connectivity index (χ3v) is 6.82. The van der Waals surface area contributed by atoms with E-state index in [2.05, 4.69) is 58.4 Å². The Balaban J connectivity index is 1.54. The Labute approximate surface area is 160 Å². The van der Waals surface area contributed by atoms with Crippen LogP contribution >= 0.6 is 11.6 Å². The fourth-order valence-corrected chi connectivity index (χ4v) is 5.46. The molecule has 0 amide bonds. The van der Waals surface area contributed by atoms with E-state index in [0.717, 1.165) is 16.3 Å². The molecule has 2 fully saturated rings. The van der Waals surface area contributed by atoms with Crippen molar-refractivity contribution in [3.8, 4) is 0 Å². The molecule has 2 saturated heterocycles. The van der Waals surface area contributed by atoms with Crippen LogP contribution in [0.1, 0.15) is 42.0 Å². The summed E-state index contributed by atoms with van der Waals surface area (Å²) in [4.78, 5) is 9.52. The Kier molecular flexibility index (Phi) is 3.84. The maximum atomic E-state index is 6.37. The lowest BCUT2D eigenvalue weighted by molar-refractivity contribution is 0.145. The number of nitrogens with zero attached hydrogens (tertiary/aromatic N) is 3. The summed E-state index contributed by atoms with van der Waals surface area (Å²) in [6, 6.07) is 12.5. The van der Waals surface area contributed by atoms with Gasteiger partial charge in [-0.15, -0.1) is 0 Å². The van der Waals surface area contributed by atoms with Crippen molar-refractivity contribution in [1.82, 2.24) is 9.88 Å². The highest BCUT2D eigenvalue weighted by Gasteiger charge is 2.51. The van der Waals surface area contributed by atoms with Crippen molar-refractivity contribution in [3.63, 3.8) is 0 Å². The van der Waals surface area contributed by atoms with E-state index in [1.165, 1.54) is 30.5 Å². The number of likely N-dealkylation sites (N-methyl/N-ethyl adjacent to an activating group) is 1. The van der Waals surface area contributed by atoms with Crippen LogP contribution in [-0.2, 0) is 0 Å². The van der Waals surface area contributed by atoms with Crippen LogP contribution < -0.4 is 4.90 Å². The van der Waals surface area contributed by atoms with Crippen molar-refractivity contribution in [3.05, 3.63) is 64.6 Å².